The fraction of sp³-hybridized carbons (Fsp3) is 0.500. The van der Waals surface area contributed by atoms with Gasteiger partial charge in [-0.3, -0.25) is 0 Å². The summed E-state index contributed by atoms with van der Waals surface area (Å²) in [7, 11) is -3.01. The molecule has 0 heterocycles. The predicted molar refractivity (Wildman–Crippen MR) is 66.9 cm³/mol. The Labute approximate surface area is 102 Å². The van der Waals surface area contributed by atoms with Crippen molar-refractivity contribution < 1.29 is 18.3 Å². The van der Waals surface area contributed by atoms with Crippen molar-refractivity contribution in [2.45, 2.75) is 20.0 Å². The molecule has 5 heteroatoms. The van der Waals surface area contributed by atoms with Crippen LogP contribution in [0.2, 0.25) is 0 Å². The first-order valence-corrected chi connectivity index (χ1v) is 7.38. The lowest BCUT2D eigenvalue weighted by atomic mass is 10.1. The van der Waals surface area contributed by atoms with E-state index in [2.05, 4.69) is 0 Å². The molecule has 0 saturated heterocycles. The summed E-state index contributed by atoms with van der Waals surface area (Å²) < 4.78 is 28.0. The molecule has 0 saturated carbocycles. The topological polar surface area (TPSA) is 63.6 Å². The molecule has 0 aliphatic rings. The number of hydrogen-bond donors (Lipinski definition) is 1. The van der Waals surface area contributed by atoms with Gasteiger partial charge in [-0.1, -0.05) is 25.1 Å². The van der Waals surface area contributed by atoms with E-state index >= 15 is 0 Å². The minimum Gasteiger partial charge on any atom is -0.492 e. The van der Waals surface area contributed by atoms with Crippen molar-refractivity contribution in [3.8, 4) is 5.75 Å². The first-order valence-electron chi connectivity index (χ1n) is 5.56. The zero-order valence-corrected chi connectivity index (χ0v) is 10.9. The van der Waals surface area contributed by atoms with Crippen LogP contribution in [0.25, 0.3) is 0 Å². The SMILES string of the molecule is CCS(=O)(=O)CCOc1ccccc1[C@H](C)O. The van der Waals surface area contributed by atoms with Crippen molar-refractivity contribution in [1.29, 1.82) is 0 Å². The molecule has 0 radical (unpaired) electrons. The number of benzene rings is 1. The van der Waals surface area contributed by atoms with Gasteiger partial charge in [0.25, 0.3) is 0 Å². The van der Waals surface area contributed by atoms with Crippen molar-refractivity contribution in [2.75, 3.05) is 18.1 Å². The van der Waals surface area contributed by atoms with Crippen LogP contribution in [0.3, 0.4) is 0 Å². The number of aliphatic hydroxyl groups is 1. The largest absolute Gasteiger partial charge is 0.492 e. The Bertz CT molecular complexity index is 451. The van der Waals surface area contributed by atoms with Crippen LogP contribution in [0.4, 0.5) is 0 Å². The average Bonchev–Trinajstić information content (AvgIpc) is 2.29. The van der Waals surface area contributed by atoms with Crippen LogP contribution in [0.5, 0.6) is 5.75 Å². The van der Waals surface area contributed by atoms with Crippen LogP contribution in [0, 0.1) is 0 Å². The number of rotatable bonds is 6. The van der Waals surface area contributed by atoms with Crippen molar-refractivity contribution in [1.82, 2.24) is 0 Å². The Hall–Kier alpha value is -1.07. The number of ether oxygens (including phenoxy) is 1. The second kappa shape index (κ2) is 6.02. The zero-order valence-electron chi connectivity index (χ0n) is 10.1. The predicted octanol–water partition coefficient (Wildman–Crippen LogP) is 1.55. The van der Waals surface area contributed by atoms with E-state index in [0.29, 0.717) is 11.3 Å². The van der Waals surface area contributed by atoms with E-state index in [1.54, 1.807) is 38.1 Å². The van der Waals surface area contributed by atoms with E-state index in [1.807, 2.05) is 0 Å². The minimum absolute atomic E-state index is 0.00234. The fourth-order valence-corrected chi connectivity index (χ4v) is 2.01. The van der Waals surface area contributed by atoms with Gasteiger partial charge < -0.3 is 9.84 Å². The molecule has 1 N–H and O–H groups in total. The highest BCUT2D eigenvalue weighted by atomic mass is 32.2. The van der Waals surface area contributed by atoms with Gasteiger partial charge in [0.2, 0.25) is 0 Å². The fourth-order valence-electron chi connectivity index (χ4n) is 1.38. The molecule has 4 nitrogen and oxygen atoms in total. The molecule has 0 aliphatic heterocycles. The van der Waals surface area contributed by atoms with Gasteiger partial charge in [0, 0.05) is 11.3 Å². The van der Waals surface area contributed by atoms with Crippen molar-refractivity contribution in [3.05, 3.63) is 29.8 Å². The van der Waals surface area contributed by atoms with E-state index in [4.69, 9.17) is 4.74 Å². The normalized spacial score (nSPS) is 13.4. The highest BCUT2D eigenvalue weighted by Gasteiger charge is 2.10. The third-order valence-corrected chi connectivity index (χ3v) is 4.13. The van der Waals surface area contributed by atoms with Gasteiger partial charge >= 0.3 is 0 Å². The summed E-state index contributed by atoms with van der Waals surface area (Å²) in [5, 5.41) is 9.51. The van der Waals surface area contributed by atoms with Gasteiger partial charge in [-0.25, -0.2) is 8.42 Å². The quantitative estimate of drug-likeness (QED) is 0.841. The zero-order chi connectivity index (χ0) is 12.9. The third-order valence-electron chi connectivity index (χ3n) is 2.46. The van der Waals surface area contributed by atoms with E-state index < -0.39 is 15.9 Å². The lowest BCUT2D eigenvalue weighted by Crippen LogP contribution is -2.16. The van der Waals surface area contributed by atoms with Crippen LogP contribution in [-0.2, 0) is 9.84 Å². The van der Waals surface area contributed by atoms with Crippen molar-refractivity contribution in [2.24, 2.45) is 0 Å². The van der Waals surface area contributed by atoms with Crippen LogP contribution in [0.15, 0.2) is 24.3 Å². The summed E-state index contributed by atoms with van der Waals surface area (Å²) in [4.78, 5) is 0. The van der Waals surface area contributed by atoms with Gasteiger partial charge in [0.05, 0.1) is 11.9 Å². The van der Waals surface area contributed by atoms with Crippen LogP contribution >= 0.6 is 0 Å². The van der Waals surface area contributed by atoms with Crippen molar-refractivity contribution in [3.63, 3.8) is 0 Å². The van der Waals surface area contributed by atoms with Gasteiger partial charge in [0.15, 0.2) is 9.84 Å². The molecule has 96 valence electrons. The number of hydrogen-bond acceptors (Lipinski definition) is 4. The Kier molecular flexibility index (Phi) is 4.96. The van der Waals surface area contributed by atoms with Crippen molar-refractivity contribution >= 4 is 9.84 Å². The summed E-state index contributed by atoms with van der Waals surface area (Å²) >= 11 is 0. The average molecular weight is 258 g/mol. The Morgan fingerprint density at radius 2 is 2.00 bits per heavy atom. The molecular weight excluding hydrogens is 240 g/mol. The van der Waals surface area contributed by atoms with Gasteiger partial charge in [-0.15, -0.1) is 0 Å². The van der Waals surface area contributed by atoms with Crippen LogP contribution in [-0.4, -0.2) is 31.6 Å². The van der Waals surface area contributed by atoms with E-state index in [1.165, 1.54) is 0 Å². The molecule has 0 unspecified atom stereocenters. The molecule has 1 aromatic rings. The lowest BCUT2D eigenvalue weighted by molar-refractivity contribution is 0.192. The first-order chi connectivity index (χ1) is 7.96. The van der Waals surface area contributed by atoms with Gasteiger partial charge in [-0.2, -0.15) is 0 Å². The molecule has 0 spiro atoms. The second-order valence-corrected chi connectivity index (χ2v) is 6.27. The Morgan fingerprint density at radius 1 is 1.35 bits per heavy atom. The standard InChI is InChI=1S/C12H18O4S/c1-3-17(14,15)9-8-16-12-7-5-4-6-11(12)10(2)13/h4-7,10,13H,3,8-9H2,1-2H3/t10-/m0/s1. The monoisotopic (exact) mass is 258 g/mol. The van der Waals surface area contributed by atoms with Gasteiger partial charge in [-0.05, 0) is 13.0 Å². The summed E-state index contributed by atoms with van der Waals surface area (Å²) in [6, 6.07) is 7.07. The summed E-state index contributed by atoms with van der Waals surface area (Å²) in [6.07, 6.45) is -0.631. The van der Waals surface area contributed by atoms with Crippen LogP contribution < -0.4 is 4.74 Å². The Balaban J connectivity index is 2.64. The number of aliphatic hydroxyl groups excluding tert-OH is 1. The minimum atomic E-state index is -3.01. The maximum absolute atomic E-state index is 11.3. The lowest BCUT2D eigenvalue weighted by Gasteiger charge is -2.12. The maximum atomic E-state index is 11.3. The van der Waals surface area contributed by atoms with Gasteiger partial charge in [0.1, 0.15) is 12.4 Å². The molecule has 1 aromatic carbocycles. The summed E-state index contributed by atoms with van der Waals surface area (Å²) in [5.74, 6) is 0.653. The smallest absolute Gasteiger partial charge is 0.153 e. The molecule has 1 rings (SSSR count). The molecule has 1 atom stereocenters. The maximum Gasteiger partial charge on any atom is 0.153 e. The molecule has 0 amide bonds. The number of para-hydroxylation sites is 1. The van der Waals surface area contributed by atoms with E-state index in [-0.39, 0.29) is 18.1 Å². The molecule has 0 fully saturated rings. The second-order valence-electron chi connectivity index (χ2n) is 3.80. The highest BCUT2D eigenvalue weighted by Crippen LogP contribution is 2.24. The molecular formula is C12H18O4S. The van der Waals surface area contributed by atoms with E-state index in [0.717, 1.165) is 0 Å². The molecule has 0 bridgehead atoms. The van der Waals surface area contributed by atoms with E-state index in [9.17, 15) is 13.5 Å². The summed E-state index contributed by atoms with van der Waals surface area (Å²) in [6.45, 7) is 3.37. The highest BCUT2D eigenvalue weighted by molar-refractivity contribution is 7.91. The molecule has 0 aromatic heterocycles. The third kappa shape index (κ3) is 4.36. The number of sulfone groups is 1. The molecule has 0 aliphatic carbocycles. The van der Waals surface area contributed by atoms with Crippen LogP contribution in [0.1, 0.15) is 25.5 Å². The summed E-state index contributed by atoms with van der Waals surface area (Å²) in [5.41, 5.74) is 0.668. The first kappa shape index (κ1) is 14.0. The molecule has 17 heavy (non-hydrogen) atoms. The Morgan fingerprint density at radius 3 is 2.59 bits per heavy atom.